The molecule has 0 bridgehead atoms. The van der Waals surface area contributed by atoms with Crippen LogP contribution in [0.2, 0.25) is 0 Å². The number of likely N-dealkylation sites (tertiary alicyclic amines) is 1. The second kappa shape index (κ2) is 7.17. The summed E-state index contributed by atoms with van der Waals surface area (Å²) in [6.45, 7) is 1.26. The fourth-order valence-corrected chi connectivity index (χ4v) is 2.89. The van der Waals surface area contributed by atoms with Gasteiger partial charge in [-0.3, -0.25) is 4.79 Å². The van der Waals surface area contributed by atoms with Gasteiger partial charge < -0.3 is 16.0 Å². The first-order valence-corrected chi connectivity index (χ1v) is 7.95. The molecule has 0 saturated carbocycles. The third kappa shape index (κ3) is 3.74. The molecule has 1 saturated heterocycles. The standard InChI is InChI=1S/C19H20FN3O/c20-16-8-6-14(7-9-16)15-10-11-23(13-15)19(24)18(21)12-22-17-4-2-1-3-5-17/h1-9,12,15,22H,10-11,13,21H2/b18-12-. The van der Waals surface area contributed by atoms with Crippen LogP contribution in [0.3, 0.4) is 0 Å². The van der Waals surface area contributed by atoms with Crippen molar-refractivity contribution in [3.63, 3.8) is 0 Å². The number of nitrogens with zero attached hydrogens (tertiary/aromatic N) is 1. The van der Waals surface area contributed by atoms with Crippen molar-refractivity contribution in [2.45, 2.75) is 12.3 Å². The zero-order valence-electron chi connectivity index (χ0n) is 13.3. The first-order chi connectivity index (χ1) is 11.6. The van der Waals surface area contributed by atoms with Crippen LogP contribution >= 0.6 is 0 Å². The van der Waals surface area contributed by atoms with E-state index < -0.39 is 0 Å². The van der Waals surface area contributed by atoms with Gasteiger partial charge in [0.25, 0.3) is 5.91 Å². The molecule has 2 aromatic rings. The molecule has 1 unspecified atom stereocenters. The Morgan fingerprint density at radius 2 is 1.88 bits per heavy atom. The van der Waals surface area contributed by atoms with E-state index in [4.69, 9.17) is 5.73 Å². The lowest BCUT2D eigenvalue weighted by Crippen LogP contribution is -2.32. The number of carbonyl (C=O) groups is 1. The predicted octanol–water partition coefficient (Wildman–Crippen LogP) is 3.05. The minimum Gasteiger partial charge on any atom is -0.393 e. The highest BCUT2D eigenvalue weighted by molar-refractivity contribution is 5.93. The van der Waals surface area contributed by atoms with Crippen LogP contribution in [0.15, 0.2) is 66.5 Å². The van der Waals surface area contributed by atoms with Gasteiger partial charge in [-0.05, 0) is 36.2 Å². The van der Waals surface area contributed by atoms with Gasteiger partial charge in [-0.1, -0.05) is 30.3 Å². The van der Waals surface area contributed by atoms with E-state index in [1.54, 1.807) is 17.0 Å². The van der Waals surface area contributed by atoms with E-state index in [2.05, 4.69) is 5.32 Å². The Kier molecular flexibility index (Phi) is 4.79. The molecule has 3 rings (SSSR count). The fraction of sp³-hybridized carbons (Fsp3) is 0.211. The van der Waals surface area contributed by atoms with E-state index >= 15 is 0 Å². The quantitative estimate of drug-likeness (QED) is 0.850. The van der Waals surface area contributed by atoms with E-state index in [0.717, 1.165) is 17.7 Å². The minimum absolute atomic E-state index is 0.178. The molecule has 0 aliphatic carbocycles. The molecule has 124 valence electrons. The molecule has 0 radical (unpaired) electrons. The average molecular weight is 325 g/mol. The SMILES string of the molecule is N/C(=C\Nc1ccccc1)C(=O)N1CCC(c2ccc(F)cc2)C1. The van der Waals surface area contributed by atoms with Gasteiger partial charge in [-0.2, -0.15) is 0 Å². The summed E-state index contributed by atoms with van der Waals surface area (Å²) >= 11 is 0. The maximum Gasteiger partial charge on any atom is 0.271 e. The number of hydrogen-bond acceptors (Lipinski definition) is 3. The summed E-state index contributed by atoms with van der Waals surface area (Å²) in [5.41, 5.74) is 8.01. The van der Waals surface area contributed by atoms with Crippen molar-refractivity contribution in [1.29, 1.82) is 0 Å². The number of rotatable bonds is 4. The molecule has 0 spiro atoms. The molecule has 0 aromatic heterocycles. The molecule has 1 atom stereocenters. The van der Waals surface area contributed by atoms with Crippen molar-refractivity contribution < 1.29 is 9.18 Å². The lowest BCUT2D eigenvalue weighted by Gasteiger charge is -2.17. The number of amides is 1. The monoisotopic (exact) mass is 325 g/mol. The Bertz CT molecular complexity index is 728. The highest BCUT2D eigenvalue weighted by Crippen LogP contribution is 2.27. The van der Waals surface area contributed by atoms with Crippen molar-refractivity contribution in [2.24, 2.45) is 5.73 Å². The van der Waals surface area contributed by atoms with E-state index in [9.17, 15) is 9.18 Å². The summed E-state index contributed by atoms with van der Waals surface area (Å²) in [6.07, 6.45) is 2.39. The summed E-state index contributed by atoms with van der Waals surface area (Å²) in [4.78, 5) is 14.2. The normalized spacial score (nSPS) is 17.8. The number of nitrogens with two attached hydrogens (primary N) is 1. The largest absolute Gasteiger partial charge is 0.393 e. The average Bonchev–Trinajstić information content (AvgIpc) is 3.10. The second-order valence-corrected chi connectivity index (χ2v) is 5.90. The van der Waals surface area contributed by atoms with Crippen LogP contribution in [0.1, 0.15) is 17.9 Å². The van der Waals surface area contributed by atoms with Gasteiger partial charge in [0.15, 0.2) is 0 Å². The van der Waals surface area contributed by atoms with Crippen LogP contribution in [-0.4, -0.2) is 23.9 Å². The Morgan fingerprint density at radius 3 is 2.58 bits per heavy atom. The van der Waals surface area contributed by atoms with E-state index in [0.29, 0.717) is 13.1 Å². The topological polar surface area (TPSA) is 58.4 Å². The number of halogens is 1. The Hall–Kier alpha value is -2.82. The van der Waals surface area contributed by atoms with Crippen molar-refractivity contribution in [3.8, 4) is 0 Å². The summed E-state index contributed by atoms with van der Waals surface area (Å²) < 4.78 is 13.0. The maximum atomic E-state index is 13.0. The summed E-state index contributed by atoms with van der Waals surface area (Å²) in [5.74, 6) is -0.198. The second-order valence-electron chi connectivity index (χ2n) is 5.90. The van der Waals surface area contributed by atoms with Crippen molar-refractivity contribution >= 4 is 11.6 Å². The van der Waals surface area contributed by atoms with Gasteiger partial charge in [-0.25, -0.2) is 4.39 Å². The van der Waals surface area contributed by atoms with Gasteiger partial charge in [-0.15, -0.1) is 0 Å². The zero-order chi connectivity index (χ0) is 16.9. The first kappa shape index (κ1) is 16.1. The van der Waals surface area contributed by atoms with Gasteiger partial charge in [0, 0.05) is 30.9 Å². The molecule has 24 heavy (non-hydrogen) atoms. The van der Waals surface area contributed by atoms with Crippen LogP contribution in [0, 0.1) is 5.82 Å². The van der Waals surface area contributed by atoms with E-state index in [1.807, 2.05) is 30.3 Å². The van der Waals surface area contributed by atoms with Gasteiger partial charge >= 0.3 is 0 Å². The van der Waals surface area contributed by atoms with E-state index in [1.165, 1.54) is 18.3 Å². The number of anilines is 1. The van der Waals surface area contributed by atoms with Crippen LogP contribution in [0.5, 0.6) is 0 Å². The lowest BCUT2D eigenvalue weighted by molar-refractivity contribution is -0.126. The molecule has 1 heterocycles. The molecule has 5 heteroatoms. The minimum atomic E-state index is -0.246. The zero-order valence-corrected chi connectivity index (χ0v) is 13.3. The van der Waals surface area contributed by atoms with Crippen molar-refractivity contribution in [2.75, 3.05) is 18.4 Å². The molecule has 3 N–H and O–H groups in total. The molecule has 1 aliphatic heterocycles. The number of benzene rings is 2. The van der Waals surface area contributed by atoms with Crippen LogP contribution in [0.4, 0.5) is 10.1 Å². The van der Waals surface area contributed by atoms with Crippen molar-refractivity contribution in [3.05, 3.63) is 77.9 Å². The third-order valence-corrected chi connectivity index (χ3v) is 4.23. The highest BCUT2D eigenvalue weighted by atomic mass is 19.1. The smallest absolute Gasteiger partial charge is 0.271 e. The Balaban J connectivity index is 1.60. The van der Waals surface area contributed by atoms with Gasteiger partial charge in [0.05, 0.1) is 0 Å². The molecule has 1 amide bonds. The molecular weight excluding hydrogens is 305 g/mol. The van der Waals surface area contributed by atoms with Gasteiger partial charge in [0.2, 0.25) is 0 Å². The third-order valence-electron chi connectivity index (χ3n) is 4.23. The maximum absolute atomic E-state index is 13.0. The lowest BCUT2D eigenvalue weighted by atomic mass is 9.99. The predicted molar refractivity (Wildman–Crippen MR) is 92.7 cm³/mol. The summed E-state index contributed by atoms with van der Waals surface area (Å²) in [5, 5.41) is 3.02. The highest BCUT2D eigenvalue weighted by Gasteiger charge is 2.28. The molecular formula is C19H20FN3O. The fourth-order valence-electron chi connectivity index (χ4n) is 2.89. The summed E-state index contributed by atoms with van der Waals surface area (Å²) in [6, 6.07) is 16.0. The van der Waals surface area contributed by atoms with Crippen LogP contribution in [-0.2, 0) is 4.79 Å². The van der Waals surface area contributed by atoms with Gasteiger partial charge in [0.1, 0.15) is 11.5 Å². The number of hydrogen-bond donors (Lipinski definition) is 2. The summed E-state index contributed by atoms with van der Waals surface area (Å²) in [7, 11) is 0. The molecule has 4 nitrogen and oxygen atoms in total. The van der Waals surface area contributed by atoms with Crippen molar-refractivity contribution in [1.82, 2.24) is 4.90 Å². The number of carbonyl (C=O) groups excluding carboxylic acids is 1. The molecule has 2 aromatic carbocycles. The molecule has 1 aliphatic rings. The first-order valence-electron chi connectivity index (χ1n) is 7.95. The van der Waals surface area contributed by atoms with Crippen LogP contribution in [0.25, 0.3) is 0 Å². The number of para-hydroxylation sites is 1. The molecule has 1 fully saturated rings. The Labute approximate surface area is 140 Å². The van der Waals surface area contributed by atoms with Crippen LogP contribution < -0.4 is 11.1 Å². The number of nitrogens with one attached hydrogen (secondary N) is 1. The Morgan fingerprint density at radius 1 is 1.17 bits per heavy atom. The van der Waals surface area contributed by atoms with E-state index in [-0.39, 0.29) is 23.3 Å².